The normalized spacial score (nSPS) is 18.7. The Morgan fingerprint density at radius 3 is 1.56 bits per heavy atom. The molecule has 36 heavy (non-hydrogen) atoms. The van der Waals surface area contributed by atoms with Crippen LogP contribution in [0.2, 0.25) is 0 Å². The van der Waals surface area contributed by atoms with Gasteiger partial charge in [-0.2, -0.15) is 0 Å². The van der Waals surface area contributed by atoms with Gasteiger partial charge in [0.1, 0.15) is 0 Å². The third-order valence-corrected chi connectivity index (χ3v) is 10.8. The number of hydrogen-bond acceptors (Lipinski definition) is 0. The van der Waals surface area contributed by atoms with Gasteiger partial charge < -0.3 is 8.68 Å². The molecule has 0 spiro atoms. The van der Waals surface area contributed by atoms with Gasteiger partial charge >= 0.3 is 0 Å². The Morgan fingerprint density at radius 2 is 1.00 bits per heavy atom. The van der Waals surface area contributed by atoms with Crippen molar-refractivity contribution in [2.24, 2.45) is 0 Å². The molecular weight excluding hydrogens is 474 g/mol. The number of para-hydroxylation sites is 2. The molecule has 0 saturated heterocycles. The molecule has 2 heterocycles. The van der Waals surface area contributed by atoms with Crippen molar-refractivity contribution in [1.82, 2.24) is 8.68 Å². The van der Waals surface area contributed by atoms with Gasteiger partial charge in [-0.25, -0.2) is 0 Å². The molecule has 3 aliphatic carbocycles. The SMILES string of the molecule is c1cc(Pn2ccc3ccccc32)c2c(c1)C1CCC2c2c(Pn3ccc4ccccc43)cccc21. The van der Waals surface area contributed by atoms with Crippen LogP contribution < -0.4 is 10.6 Å². The highest BCUT2D eigenvalue weighted by Crippen LogP contribution is 2.53. The molecule has 4 heteroatoms. The fraction of sp³-hybridized carbons (Fsp3) is 0.125. The molecule has 0 amide bonds. The number of rotatable bonds is 4. The number of hydrogen-bond donors (Lipinski definition) is 0. The fourth-order valence-corrected chi connectivity index (χ4v) is 9.30. The third kappa shape index (κ3) is 3.11. The van der Waals surface area contributed by atoms with E-state index in [-0.39, 0.29) is 0 Å². The maximum absolute atomic E-state index is 2.45. The average molecular weight is 501 g/mol. The van der Waals surface area contributed by atoms with Crippen LogP contribution in [0.15, 0.2) is 109 Å². The van der Waals surface area contributed by atoms with E-state index in [0.717, 1.165) is 0 Å². The summed E-state index contributed by atoms with van der Waals surface area (Å²) < 4.78 is 4.90. The van der Waals surface area contributed by atoms with Crippen LogP contribution in [0.4, 0.5) is 0 Å². The molecule has 4 aromatic carbocycles. The molecule has 0 radical (unpaired) electrons. The molecule has 3 aliphatic rings. The maximum Gasteiger partial charge on any atom is 0.0515 e. The highest BCUT2D eigenvalue weighted by molar-refractivity contribution is 7.46. The van der Waals surface area contributed by atoms with Crippen LogP contribution in [-0.2, 0) is 0 Å². The predicted octanol–water partition coefficient (Wildman–Crippen LogP) is 7.50. The minimum absolute atomic E-state index is 0.496. The molecule has 2 nitrogen and oxygen atoms in total. The molecule has 0 N–H and O–H groups in total. The Bertz CT molecular complexity index is 1650. The number of nitrogens with zero attached hydrogens (tertiary/aromatic N) is 2. The van der Waals surface area contributed by atoms with Gasteiger partial charge in [0.2, 0.25) is 0 Å². The van der Waals surface area contributed by atoms with Crippen LogP contribution >= 0.6 is 17.5 Å². The van der Waals surface area contributed by atoms with E-state index in [1.165, 1.54) is 45.3 Å². The Labute approximate surface area is 214 Å². The van der Waals surface area contributed by atoms with Gasteiger partial charge in [-0.3, -0.25) is 0 Å². The first kappa shape index (κ1) is 21.0. The molecule has 9 rings (SSSR count). The van der Waals surface area contributed by atoms with Crippen molar-refractivity contribution in [2.45, 2.75) is 24.7 Å². The second-order valence-corrected chi connectivity index (χ2v) is 12.5. The van der Waals surface area contributed by atoms with Crippen LogP contribution in [-0.4, -0.2) is 8.68 Å². The molecule has 2 aromatic heterocycles. The van der Waals surface area contributed by atoms with Crippen molar-refractivity contribution >= 4 is 49.9 Å². The number of fused-ring (bicyclic) bond motifs is 3. The van der Waals surface area contributed by atoms with Gasteiger partial charge in [-0.05, 0) is 80.7 Å². The highest BCUT2D eigenvalue weighted by Gasteiger charge is 2.39. The molecule has 0 saturated carbocycles. The second kappa shape index (κ2) is 8.17. The van der Waals surface area contributed by atoms with Crippen LogP contribution in [0.3, 0.4) is 0 Å². The van der Waals surface area contributed by atoms with Gasteiger partial charge in [0.25, 0.3) is 0 Å². The van der Waals surface area contributed by atoms with E-state index in [4.69, 9.17) is 0 Å². The van der Waals surface area contributed by atoms with Crippen molar-refractivity contribution in [2.75, 3.05) is 0 Å². The highest BCUT2D eigenvalue weighted by atomic mass is 31.1. The minimum Gasteiger partial charge on any atom is -0.324 e. The smallest absolute Gasteiger partial charge is 0.0515 e. The summed E-state index contributed by atoms with van der Waals surface area (Å²) in [6.45, 7) is 0. The standard InChI is InChI=1S/C32H26N2P2/c1-3-11-27-21(7-1)17-19-33(27)35-29-13-5-9-24-23-15-16-26(31(24)29)32-25(23)10-6-14-30(32)36-34-20-18-22-8-2-4-12-28(22)34/h1-14,17-20,23,26,35-36H,15-16H2. The molecule has 2 atom stereocenters. The van der Waals surface area contributed by atoms with Gasteiger partial charge in [0.05, 0.1) is 11.0 Å². The van der Waals surface area contributed by atoms with Crippen molar-refractivity contribution in [3.05, 3.63) is 132 Å². The zero-order chi connectivity index (χ0) is 23.6. The van der Waals surface area contributed by atoms with E-state index < -0.39 is 0 Å². The summed E-state index contributed by atoms with van der Waals surface area (Å²) in [5.41, 5.74) is 9.05. The van der Waals surface area contributed by atoms with E-state index in [2.05, 4.69) is 118 Å². The van der Waals surface area contributed by atoms with E-state index >= 15 is 0 Å². The van der Waals surface area contributed by atoms with Crippen molar-refractivity contribution in [1.29, 1.82) is 0 Å². The summed E-state index contributed by atoms with van der Waals surface area (Å²) in [5, 5.41) is 5.67. The summed E-state index contributed by atoms with van der Waals surface area (Å²) >= 11 is 0. The van der Waals surface area contributed by atoms with Gasteiger partial charge in [0.15, 0.2) is 0 Å². The van der Waals surface area contributed by atoms with Crippen molar-refractivity contribution in [3.8, 4) is 0 Å². The number of benzene rings is 4. The zero-order valence-electron chi connectivity index (χ0n) is 19.9. The maximum atomic E-state index is 2.45. The summed E-state index contributed by atoms with van der Waals surface area (Å²) in [4.78, 5) is 0. The lowest BCUT2D eigenvalue weighted by atomic mass is 9.64. The molecular formula is C32H26N2P2. The van der Waals surface area contributed by atoms with Crippen LogP contribution in [0, 0.1) is 0 Å². The van der Waals surface area contributed by atoms with E-state index in [0.29, 0.717) is 29.3 Å². The second-order valence-electron chi connectivity index (χ2n) is 10.0. The Balaban J connectivity index is 1.24. The fourth-order valence-electron chi connectivity index (χ4n) is 6.61. The first-order valence-corrected chi connectivity index (χ1v) is 14.7. The quantitative estimate of drug-likeness (QED) is 0.222. The van der Waals surface area contributed by atoms with Crippen molar-refractivity contribution in [3.63, 3.8) is 0 Å². The molecule has 2 unspecified atom stereocenters. The number of aromatic nitrogens is 2. The largest absolute Gasteiger partial charge is 0.324 e. The summed E-state index contributed by atoms with van der Waals surface area (Å²) in [6, 6.07) is 36.2. The lowest BCUT2D eigenvalue weighted by molar-refractivity contribution is 0.524. The van der Waals surface area contributed by atoms with Gasteiger partial charge in [-0.1, -0.05) is 72.8 Å². The molecule has 2 bridgehead atoms. The monoisotopic (exact) mass is 500 g/mol. The van der Waals surface area contributed by atoms with Crippen molar-refractivity contribution < 1.29 is 0 Å². The Hall–Kier alpha value is -3.18. The third-order valence-electron chi connectivity index (χ3n) is 8.15. The molecule has 6 aromatic rings. The zero-order valence-corrected chi connectivity index (χ0v) is 21.9. The molecule has 0 aliphatic heterocycles. The lowest BCUT2D eigenvalue weighted by Crippen LogP contribution is -2.32. The van der Waals surface area contributed by atoms with E-state index in [1.54, 1.807) is 22.3 Å². The van der Waals surface area contributed by atoms with Crippen LogP contribution in [0.25, 0.3) is 21.8 Å². The Morgan fingerprint density at radius 1 is 0.500 bits per heavy atom. The predicted molar refractivity (Wildman–Crippen MR) is 156 cm³/mol. The average Bonchev–Trinajstić information content (AvgIpc) is 3.53. The summed E-state index contributed by atoms with van der Waals surface area (Å²) in [6.07, 6.45) is 7.05. The Kier molecular flexibility index (Phi) is 4.76. The van der Waals surface area contributed by atoms with Crippen LogP contribution in [0.1, 0.15) is 46.9 Å². The minimum atomic E-state index is 0.496. The molecule has 174 valence electrons. The first-order chi connectivity index (χ1) is 17.8. The lowest BCUT2D eigenvalue weighted by Gasteiger charge is -2.42. The topological polar surface area (TPSA) is 9.86 Å². The van der Waals surface area contributed by atoms with Gasteiger partial charge in [0, 0.05) is 41.7 Å². The van der Waals surface area contributed by atoms with E-state index in [9.17, 15) is 0 Å². The first-order valence-electron chi connectivity index (χ1n) is 12.8. The molecule has 0 fully saturated rings. The summed E-state index contributed by atoms with van der Waals surface area (Å²) in [7, 11) is 1.23. The van der Waals surface area contributed by atoms with Gasteiger partial charge in [-0.15, -0.1) is 0 Å². The van der Waals surface area contributed by atoms with Crippen LogP contribution in [0.5, 0.6) is 0 Å². The van der Waals surface area contributed by atoms with E-state index in [1.807, 2.05) is 0 Å². The summed E-state index contributed by atoms with van der Waals surface area (Å²) in [5.74, 6) is 1.02.